The number of aryl methyl sites for hydroxylation is 1. The van der Waals surface area contributed by atoms with E-state index in [0.717, 1.165) is 32.4 Å². The van der Waals surface area contributed by atoms with Gasteiger partial charge in [-0.05, 0) is 51.4 Å². The first-order valence-corrected chi connectivity index (χ1v) is 7.08. The van der Waals surface area contributed by atoms with Crippen LogP contribution in [0, 0.1) is 6.92 Å². The number of aromatic amines is 1. The Morgan fingerprint density at radius 1 is 1.16 bits per heavy atom. The van der Waals surface area contributed by atoms with E-state index in [1.807, 2.05) is 0 Å². The van der Waals surface area contributed by atoms with Crippen molar-refractivity contribution in [2.75, 3.05) is 26.7 Å². The largest absolute Gasteiger partial charge is 0.396 e. The van der Waals surface area contributed by atoms with Crippen molar-refractivity contribution in [3.8, 4) is 0 Å². The lowest BCUT2D eigenvalue weighted by Gasteiger charge is -2.16. The van der Waals surface area contributed by atoms with Crippen LogP contribution in [-0.2, 0) is 6.42 Å². The molecule has 3 heteroatoms. The Morgan fingerprint density at radius 2 is 1.95 bits per heavy atom. The minimum Gasteiger partial charge on any atom is -0.396 e. The van der Waals surface area contributed by atoms with Gasteiger partial charge in [-0.2, -0.15) is 0 Å². The summed E-state index contributed by atoms with van der Waals surface area (Å²) in [5.74, 6) is 0. The normalized spacial score (nSPS) is 11.6. The van der Waals surface area contributed by atoms with Crippen molar-refractivity contribution in [2.24, 2.45) is 0 Å². The van der Waals surface area contributed by atoms with E-state index >= 15 is 0 Å². The summed E-state index contributed by atoms with van der Waals surface area (Å²) in [7, 11) is 2.15. The van der Waals surface area contributed by atoms with Gasteiger partial charge in [-0.1, -0.05) is 18.2 Å². The summed E-state index contributed by atoms with van der Waals surface area (Å²) in [6, 6.07) is 8.50. The summed E-state index contributed by atoms with van der Waals surface area (Å²) < 4.78 is 0. The lowest BCUT2D eigenvalue weighted by molar-refractivity contribution is 0.264. The van der Waals surface area contributed by atoms with Crippen LogP contribution in [0.4, 0.5) is 0 Å². The number of likely N-dealkylation sites (N-methyl/N-ethyl adjacent to an activating group) is 1. The van der Waals surface area contributed by atoms with Crippen LogP contribution in [0.25, 0.3) is 10.9 Å². The summed E-state index contributed by atoms with van der Waals surface area (Å²) in [6.07, 6.45) is 3.04. The van der Waals surface area contributed by atoms with Gasteiger partial charge in [0.15, 0.2) is 0 Å². The Balaban J connectivity index is 1.96. The molecule has 0 radical (unpaired) electrons. The fourth-order valence-electron chi connectivity index (χ4n) is 2.56. The first-order chi connectivity index (χ1) is 9.22. The van der Waals surface area contributed by atoms with Crippen molar-refractivity contribution in [1.29, 1.82) is 0 Å². The molecule has 0 aliphatic heterocycles. The van der Waals surface area contributed by atoms with Crippen LogP contribution in [0.1, 0.15) is 24.1 Å². The number of benzene rings is 1. The van der Waals surface area contributed by atoms with Crippen molar-refractivity contribution < 1.29 is 5.11 Å². The average Bonchev–Trinajstić information content (AvgIpc) is 2.72. The van der Waals surface area contributed by atoms with Crippen LogP contribution in [0.5, 0.6) is 0 Å². The number of unbranched alkanes of at least 4 members (excludes halogenated alkanes) is 1. The van der Waals surface area contributed by atoms with Crippen LogP contribution in [-0.4, -0.2) is 41.7 Å². The molecule has 0 fully saturated rings. The Labute approximate surface area is 115 Å². The highest BCUT2D eigenvalue weighted by Gasteiger charge is 2.08. The molecule has 2 N–H and O–H groups in total. The monoisotopic (exact) mass is 260 g/mol. The molecular weight excluding hydrogens is 236 g/mol. The van der Waals surface area contributed by atoms with E-state index in [-0.39, 0.29) is 0 Å². The lowest BCUT2D eigenvalue weighted by atomic mass is 10.1. The van der Waals surface area contributed by atoms with E-state index in [4.69, 9.17) is 5.11 Å². The Kier molecular flexibility index (Phi) is 5.00. The molecular formula is C16H24N2O. The van der Waals surface area contributed by atoms with Gasteiger partial charge >= 0.3 is 0 Å². The maximum atomic E-state index is 8.79. The third-order valence-electron chi connectivity index (χ3n) is 3.72. The highest BCUT2D eigenvalue weighted by molar-refractivity contribution is 5.84. The standard InChI is InChI=1S/C16H24N2O/c1-13-14(9-11-18(2)10-5-6-12-19)15-7-3-4-8-16(15)17-13/h3-4,7-8,17,19H,5-6,9-12H2,1-2H3. The summed E-state index contributed by atoms with van der Waals surface area (Å²) in [5.41, 5.74) is 3.95. The molecule has 2 aromatic rings. The topological polar surface area (TPSA) is 39.3 Å². The predicted octanol–water partition coefficient (Wildman–Crippen LogP) is 2.72. The molecule has 0 aliphatic rings. The van der Waals surface area contributed by atoms with Crippen LogP contribution >= 0.6 is 0 Å². The number of aliphatic hydroxyl groups excluding tert-OH is 1. The molecule has 0 spiro atoms. The summed E-state index contributed by atoms with van der Waals surface area (Å²) in [6.45, 7) is 4.58. The third-order valence-corrected chi connectivity index (χ3v) is 3.72. The molecule has 3 nitrogen and oxygen atoms in total. The second kappa shape index (κ2) is 6.73. The SMILES string of the molecule is Cc1[nH]c2ccccc2c1CCN(C)CCCCO. The molecule has 0 aliphatic carbocycles. The first-order valence-electron chi connectivity index (χ1n) is 7.08. The zero-order chi connectivity index (χ0) is 13.7. The number of fused-ring (bicyclic) bond motifs is 1. The molecule has 0 bridgehead atoms. The molecule has 1 heterocycles. The van der Waals surface area contributed by atoms with E-state index in [9.17, 15) is 0 Å². The molecule has 2 rings (SSSR count). The molecule has 19 heavy (non-hydrogen) atoms. The highest BCUT2D eigenvalue weighted by Crippen LogP contribution is 2.22. The first kappa shape index (κ1) is 14.1. The minimum absolute atomic E-state index is 0.301. The van der Waals surface area contributed by atoms with E-state index in [1.54, 1.807) is 0 Å². The summed E-state index contributed by atoms with van der Waals surface area (Å²) >= 11 is 0. The Bertz CT molecular complexity index is 518. The molecule has 0 unspecified atom stereocenters. The smallest absolute Gasteiger partial charge is 0.0458 e. The van der Waals surface area contributed by atoms with Gasteiger partial charge in [0.05, 0.1) is 0 Å². The van der Waals surface area contributed by atoms with Crippen LogP contribution in [0.2, 0.25) is 0 Å². The number of hydrogen-bond acceptors (Lipinski definition) is 2. The number of rotatable bonds is 7. The molecule has 1 aromatic carbocycles. The van der Waals surface area contributed by atoms with Gasteiger partial charge in [0.2, 0.25) is 0 Å². The average molecular weight is 260 g/mol. The van der Waals surface area contributed by atoms with E-state index in [0.29, 0.717) is 6.61 Å². The van der Waals surface area contributed by atoms with Crippen LogP contribution < -0.4 is 0 Å². The quantitative estimate of drug-likeness (QED) is 0.751. The van der Waals surface area contributed by atoms with Crippen molar-refractivity contribution >= 4 is 10.9 Å². The predicted molar refractivity (Wildman–Crippen MR) is 80.6 cm³/mol. The van der Waals surface area contributed by atoms with E-state index < -0.39 is 0 Å². The highest BCUT2D eigenvalue weighted by atomic mass is 16.2. The van der Waals surface area contributed by atoms with E-state index in [2.05, 4.69) is 48.1 Å². The number of aromatic nitrogens is 1. The zero-order valence-electron chi connectivity index (χ0n) is 11.9. The molecule has 1 aromatic heterocycles. The molecule has 0 saturated carbocycles. The van der Waals surface area contributed by atoms with Crippen LogP contribution in [0.3, 0.4) is 0 Å². The second-order valence-corrected chi connectivity index (χ2v) is 5.26. The maximum Gasteiger partial charge on any atom is 0.0458 e. The van der Waals surface area contributed by atoms with E-state index in [1.165, 1.54) is 22.2 Å². The maximum absolute atomic E-state index is 8.79. The van der Waals surface area contributed by atoms with Crippen LogP contribution in [0.15, 0.2) is 24.3 Å². The van der Waals surface area contributed by atoms with Gasteiger partial charge in [0.1, 0.15) is 0 Å². The summed E-state index contributed by atoms with van der Waals surface area (Å²) in [5, 5.41) is 10.1. The Hall–Kier alpha value is -1.32. The minimum atomic E-state index is 0.301. The van der Waals surface area contributed by atoms with Crippen molar-refractivity contribution in [1.82, 2.24) is 9.88 Å². The van der Waals surface area contributed by atoms with Gasteiger partial charge in [-0.3, -0.25) is 0 Å². The van der Waals surface area contributed by atoms with Crippen molar-refractivity contribution in [2.45, 2.75) is 26.2 Å². The number of hydrogen-bond donors (Lipinski definition) is 2. The molecule has 0 saturated heterocycles. The van der Waals surface area contributed by atoms with Gasteiger partial charge < -0.3 is 15.0 Å². The number of H-pyrrole nitrogens is 1. The number of para-hydroxylation sites is 1. The van der Waals surface area contributed by atoms with Gasteiger partial charge in [0, 0.05) is 29.7 Å². The Morgan fingerprint density at radius 3 is 2.74 bits per heavy atom. The molecule has 0 atom stereocenters. The van der Waals surface area contributed by atoms with Crippen molar-refractivity contribution in [3.05, 3.63) is 35.5 Å². The number of nitrogens with zero attached hydrogens (tertiary/aromatic N) is 1. The van der Waals surface area contributed by atoms with Gasteiger partial charge in [-0.15, -0.1) is 0 Å². The number of nitrogens with one attached hydrogen (secondary N) is 1. The summed E-state index contributed by atoms with van der Waals surface area (Å²) in [4.78, 5) is 5.80. The fourth-order valence-corrected chi connectivity index (χ4v) is 2.56. The van der Waals surface area contributed by atoms with Crippen molar-refractivity contribution in [3.63, 3.8) is 0 Å². The third kappa shape index (κ3) is 3.58. The second-order valence-electron chi connectivity index (χ2n) is 5.26. The molecule has 104 valence electrons. The fraction of sp³-hybridized carbons (Fsp3) is 0.500. The van der Waals surface area contributed by atoms with Gasteiger partial charge in [0.25, 0.3) is 0 Å². The lowest BCUT2D eigenvalue weighted by Crippen LogP contribution is -2.22. The molecule has 0 amide bonds. The van der Waals surface area contributed by atoms with Gasteiger partial charge in [-0.25, -0.2) is 0 Å². The zero-order valence-corrected chi connectivity index (χ0v) is 11.9. The number of aliphatic hydroxyl groups is 1.